The van der Waals surface area contributed by atoms with E-state index in [1.54, 1.807) is 28.6 Å². The molecule has 0 aromatic carbocycles. The Morgan fingerprint density at radius 3 is 2.90 bits per heavy atom. The third-order valence-corrected chi connectivity index (χ3v) is 3.55. The summed E-state index contributed by atoms with van der Waals surface area (Å²) in [5.41, 5.74) is 3.39. The lowest BCUT2D eigenvalue weighted by Gasteiger charge is -2.04. The Kier molecular flexibility index (Phi) is 4.67. The molecule has 0 fully saturated rings. The van der Waals surface area contributed by atoms with Gasteiger partial charge in [0, 0.05) is 25.4 Å². The number of aryl methyl sites for hydroxylation is 2. The normalized spacial score (nSPS) is 10.7. The van der Waals surface area contributed by atoms with Crippen LogP contribution in [0.25, 0.3) is 0 Å². The molecule has 0 aliphatic heterocycles. The standard InChI is InChI=1S/C12H17N5O2S/c1-3-4-10-11(17(18)19)12(16(2)15-10)13-6-5-9-7-20-8-14-9/h7-8,13H,3-6H2,1-2H3. The lowest BCUT2D eigenvalue weighted by molar-refractivity contribution is -0.384. The molecular weight excluding hydrogens is 278 g/mol. The van der Waals surface area contributed by atoms with Gasteiger partial charge in [0.1, 0.15) is 5.69 Å². The zero-order valence-electron chi connectivity index (χ0n) is 11.5. The Bertz CT molecular complexity index is 579. The second-order valence-corrected chi connectivity index (χ2v) is 5.15. The summed E-state index contributed by atoms with van der Waals surface area (Å²) in [5, 5.41) is 20.5. The zero-order valence-corrected chi connectivity index (χ0v) is 12.3. The fraction of sp³-hybridized carbons (Fsp3) is 0.500. The molecule has 2 aromatic heterocycles. The maximum absolute atomic E-state index is 11.2. The van der Waals surface area contributed by atoms with Crippen LogP contribution in [0, 0.1) is 10.1 Å². The monoisotopic (exact) mass is 295 g/mol. The SMILES string of the molecule is CCCc1nn(C)c(NCCc2cscn2)c1[N+](=O)[O-]. The van der Waals surface area contributed by atoms with E-state index in [1.165, 1.54) is 0 Å². The van der Waals surface area contributed by atoms with Gasteiger partial charge in [-0.3, -0.25) is 10.1 Å². The molecule has 0 spiro atoms. The number of aromatic nitrogens is 3. The van der Waals surface area contributed by atoms with Crippen LogP contribution in [-0.4, -0.2) is 26.2 Å². The topological polar surface area (TPSA) is 85.9 Å². The van der Waals surface area contributed by atoms with Gasteiger partial charge >= 0.3 is 5.69 Å². The van der Waals surface area contributed by atoms with Crippen molar-refractivity contribution in [3.05, 3.63) is 32.4 Å². The highest BCUT2D eigenvalue weighted by atomic mass is 32.1. The summed E-state index contributed by atoms with van der Waals surface area (Å²) in [6.07, 6.45) is 2.17. The summed E-state index contributed by atoms with van der Waals surface area (Å²) in [4.78, 5) is 15.1. The van der Waals surface area contributed by atoms with Crippen molar-refractivity contribution < 1.29 is 4.92 Å². The minimum atomic E-state index is -0.358. The minimum absolute atomic E-state index is 0.0904. The highest BCUT2D eigenvalue weighted by Crippen LogP contribution is 2.28. The molecule has 0 amide bonds. The smallest absolute Gasteiger partial charge is 0.333 e. The van der Waals surface area contributed by atoms with Gasteiger partial charge in [-0.2, -0.15) is 5.10 Å². The first-order chi connectivity index (χ1) is 9.63. The van der Waals surface area contributed by atoms with E-state index in [-0.39, 0.29) is 10.6 Å². The fourth-order valence-corrected chi connectivity index (χ4v) is 2.63. The Hall–Kier alpha value is -1.96. The van der Waals surface area contributed by atoms with Crippen molar-refractivity contribution in [2.45, 2.75) is 26.2 Å². The van der Waals surface area contributed by atoms with E-state index >= 15 is 0 Å². The maximum Gasteiger partial charge on any atom is 0.333 e. The largest absolute Gasteiger partial charge is 0.364 e. The summed E-state index contributed by atoms with van der Waals surface area (Å²) in [5.74, 6) is 0.466. The Morgan fingerprint density at radius 1 is 1.50 bits per heavy atom. The van der Waals surface area contributed by atoms with Crippen LogP contribution < -0.4 is 5.32 Å². The fourth-order valence-electron chi connectivity index (χ4n) is 2.03. The predicted molar refractivity (Wildman–Crippen MR) is 78.2 cm³/mol. The van der Waals surface area contributed by atoms with Crippen molar-refractivity contribution in [2.75, 3.05) is 11.9 Å². The van der Waals surface area contributed by atoms with Crippen LogP contribution in [0.5, 0.6) is 0 Å². The Morgan fingerprint density at radius 2 is 2.30 bits per heavy atom. The number of thiazole rings is 1. The molecule has 0 radical (unpaired) electrons. The van der Waals surface area contributed by atoms with E-state index in [2.05, 4.69) is 15.4 Å². The number of rotatable bonds is 7. The van der Waals surface area contributed by atoms with Gasteiger partial charge in [0.05, 0.1) is 16.1 Å². The molecule has 7 nitrogen and oxygen atoms in total. The van der Waals surface area contributed by atoms with Crippen molar-refractivity contribution in [1.29, 1.82) is 0 Å². The molecule has 0 aliphatic carbocycles. The average molecular weight is 295 g/mol. The second-order valence-electron chi connectivity index (χ2n) is 4.43. The van der Waals surface area contributed by atoms with E-state index in [9.17, 15) is 10.1 Å². The molecule has 0 aliphatic rings. The van der Waals surface area contributed by atoms with Crippen molar-refractivity contribution in [1.82, 2.24) is 14.8 Å². The van der Waals surface area contributed by atoms with Crippen molar-refractivity contribution >= 4 is 22.8 Å². The van der Waals surface area contributed by atoms with Crippen LogP contribution in [0.3, 0.4) is 0 Å². The number of anilines is 1. The van der Waals surface area contributed by atoms with E-state index in [1.807, 2.05) is 12.3 Å². The van der Waals surface area contributed by atoms with Crippen molar-refractivity contribution in [2.24, 2.45) is 7.05 Å². The molecule has 108 valence electrons. The highest BCUT2D eigenvalue weighted by Gasteiger charge is 2.25. The van der Waals surface area contributed by atoms with Gasteiger partial charge in [0.25, 0.3) is 0 Å². The molecule has 0 saturated carbocycles. The number of hydrogen-bond donors (Lipinski definition) is 1. The van der Waals surface area contributed by atoms with Gasteiger partial charge in [-0.25, -0.2) is 9.67 Å². The van der Waals surface area contributed by atoms with Crippen LogP contribution in [0.4, 0.5) is 11.5 Å². The molecule has 20 heavy (non-hydrogen) atoms. The molecular formula is C12H17N5O2S. The van der Waals surface area contributed by atoms with Crippen LogP contribution in [0.1, 0.15) is 24.7 Å². The van der Waals surface area contributed by atoms with E-state index in [4.69, 9.17) is 0 Å². The summed E-state index contributed by atoms with van der Waals surface area (Å²) >= 11 is 1.54. The lowest BCUT2D eigenvalue weighted by atomic mass is 10.2. The number of nitrogens with one attached hydrogen (secondary N) is 1. The molecule has 2 heterocycles. The summed E-state index contributed by atoms with van der Waals surface area (Å²) < 4.78 is 1.55. The number of hydrogen-bond acceptors (Lipinski definition) is 6. The van der Waals surface area contributed by atoms with Crippen LogP contribution >= 0.6 is 11.3 Å². The first kappa shape index (κ1) is 14.4. The van der Waals surface area contributed by atoms with Crippen molar-refractivity contribution in [3.63, 3.8) is 0 Å². The molecule has 2 aromatic rings. The first-order valence-corrected chi connectivity index (χ1v) is 7.39. The molecule has 0 atom stereocenters. The lowest BCUT2D eigenvalue weighted by Crippen LogP contribution is -2.10. The zero-order chi connectivity index (χ0) is 14.5. The average Bonchev–Trinajstić information content (AvgIpc) is 2.99. The maximum atomic E-state index is 11.2. The molecule has 0 saturated heterocycles. The van der Waals surface area contributed by atoms with E-state index < -0.39 is 0 Å². The summed E-state index contributed by atoms with van der Waals surface area (Å²) in [7, 11) is 1.72. The van der Waals surface area contributed by atoms with Gasteiger partial charge in [-0.1, -0.05) is 13.3 Å². The van der Waals surface area contributed by atoms with Crippen molar-refractivity contribution in [3.8, 4) is 0 Å². The van der Waals surface area contributed by atoms with Crippen LogP contribution in [0.2, 0.25) is 0 Å². The third kappa shape index (κ3) is 3.13. The summed E-state index contributed by atoms with van der Waals surface area (Å²) in [6, 6.07) is 0. The van der Waals surface area contributed by atoms with Crippen LogP contribution in [-0.2, 0) is 19.9 Å². The van der Waals surface area contributed by atoms with E-state index in [0.717, 1.165) is 18.5 Å². The minimum Gasteiger partial charge on any atom is -0.364 e. The molecule has 2 rings (SSSR count). The number of nitrogens with zero attached hydrogens (tertiary/aromatic N) is 4. The quantitative estimate of drug-likeness (QED) is 0.626. The van der Waals surface area contributed by atoms with Crippen LogP contribution in [0.15, 0.2) is 10.9 Å². The number of nitro groups is 1. The molecule has 0 unspecified atom stereocenters. The molecule has 8 heteroatoms. The molecule has 0 bridgehead atoms. The highest BCUT2D eigenvalue weighted by molar-refractivity contribution is 7.07. The van der Waals surface area contributed by atoms with Gasteiger partial charge in [-0.15, -0.1) is 11.3 Å². The first-order valence-electron chi connectivity index (χ1n) is 6.44. The second kappa shape index (κ2) is 6.47. The van der Waals surface area contributed by atoms with E-state index in [0.29, 0.717) is 24.5 Å². The van der Waals surface area contributed by atoms with Gasteiger partial charge in [0.15, 0.2) is 0 Å². The van der Waals surface area contributed by atoms with Gasteiger partial charge in [-0.05, 0) is 6.42 Å². The summed E-state index contributed by atoms with van der Waals surface area (Å²) in [6.45, 7) is 2.57. The Labute approximate surface area is 120 Å². The predicted octanol–water partition coefficient (Wildman–Crippen LogP) is 2.39. The van der Waals surface area contributed by atoms with Gasteiger partial charge in [0.2, 0.25) is 5.82 Å². The molecule has 1 N–H and O–H groups in total. The third-order valence-electron chi connectivity index (χ3n) is 2.92. The Balaban J connectivity index is 2.11. The van der Waals surface area contributed by atoms with Gasteiger partial charge < -0.3 is 5.32 Å².